The van der Waals surface area contributed by atoms with Crippen molar-refractivity contribution in [3.8, 4) is 5.69 Å². The third kappa shape index (κ3) is 3.98. The lowest BCUT2D eigenvalue weighted by Crippen LogP contribution is -2.47. The van der Waals surface area contributed by atoms with Gasteiger partial charge in [-0.3, -0.25) is 9.69 Å². The lowest BCUT2D eigenvalue weighted by atomic mass is 10.2. The fourth-order valence-corrected chi connectivity index (χ4v) is 2.66. The van der Waals surface area contributed by atoms with Gasteiger partial charge in [0.15, 0.2) is 5.69 Å². The van der Waals surface area contributed by atoms with Crippen molar-refractivity contribution >= 4 is 5.91 Å². The second-order valence-corrected chi connectivity index (χ2v) is 5.83. The van der Waals surface area contributed by atoms with Gasteiger partial charge in [-0.15, -0.1) is 0 Å². The molecule has 1 aromatic carbocycles. The molecule has 0 saturated carbocycles. The first-order chi connectivity index (χ1) is 11.6. The normalized spacial score (nSPS) is 16.8. The van der Waals surface area contributed by atoms with Gasteiger partial charge in [-0.1, -0.05) is 0 Å². The summed E-state index contributed by atoms with van der Waals surface area (Å²) in [7, 11) is 0. The van der Waals surface area contributed by atoms with Gasteiger partial charge in [0.25, 0.3) is 5.91 Å². The Bertz CT molecular complexity index is 680. The maximum Gasteiger partial charge on any atom is 0.271 e. The molecule has 0 radical (unpaired) electrons. The molecule has 1 amide bonds. The molecular weight excluding hydrogens is 311 g/mol. The highest BCUT2D eigenvalue weighted by Crippen LogP contribution is 2.09. The summed E-state index contributed by atoms with van der Waals surface area (Å²) >= 11 is 0. The highest BCUT2D eigenvalue weighted by molar-refractivity contribution is 5.92. The molecule has 7 heteroatoms. The van der Waals surface area contributed by atoms with Gasteiger partial charge < -0.3 is 10.1 Å². The van der Waals surface area contributed by atoms with Crippen molar-refractivity contribution in [3.63, 3.8) is 0 Å². The first kappa shape index (κ1) is 16.6. The monoisotopic (exact) mass is 332 g/mol. The van der Waals surface area contributed by atoms with E-state index in [1.807, 2.05) is 0 Å². The van der Waals surface area contributed by atoms with Gasteiger partial charge in [-0.2, -0.15) is 5.10 Å². The molecule has 6 nitrogen and oxygen atoms in total. The molecule has 0 aliphatic carbocycles. The topological polar surface area (TPSA) is 59.4 Å². The third-order valence-corrected chi connectivity index (χ3v) is 4.14. The summed E-state index contributed by atoms with van der Waals surface area (Å²) in [5.74, 6) is -0.517. The van der Waals surface area contributed by atoms with Crippen molar-refractivity contribution in [2.45, 2.75) is 13.0 Å². The van der Waals surface area contributed by atoms with E-state index >= 15 is 0 Å². The molecule has 0 spiro atoms. The van der Waals surface area contributed by atoms with Crippen LogP contribution >= 0.6 is 0 Å². The summed E-state index contributed by atoms with van der Waals surface area (Å²) in [4.78, 5) is 14.5. The molecule has 24 heavy (non-hydrogen) atoms. The Morgan fingerprint density at radius 3 is 2.71 bits per heavy atom. The van der Waals surface area contributed by atoms with Gasteiger partial charge >= 0.3 is 0 Å². The molecule has 1 aliphatic heterocycles. The van der Waals surface area contributed by atoms with E-state index in [1.165, 1.54) is 12.1 Å². The van der Waals surface area contributed by atoms with Gasteiger partial charge in [0.05, 0.1) is 18.9 Å². The van der Waals surface area contributed by atoms with E-state index in [0.29, 0.717) is 17.9 Å². The minimum atomic E-state index is -0.305. The SMILES string of the molecule is C[C@@H](CNC(=O)c1ccn(-c2ccc(F)cc2)n1)N1CCOCC1. The number of ether oxygens (including phenoxy) is 1. The summed E-state index contributed by atoms with van der Waals surface area (Å²) in [6.45, 7) is 5.89. The molecule has 1 saturated heterocycles. The van der Waals surface area contributed by atoms with Gasteiger partial charge in [-0.05, 0) is 37.3 Å². The number of amides is 1. The molecule has 1 N–H and O–H groups in total. The van der Waals surface area contributed by atoms with E-state index < -0.39 is 0 Å². The van der Waals surface area contributed by atoms with Crippen molar-refractivity contribution < 1.29 is 13.9 Å². The summed E-state index contributed by atoms with van der Waals surface area (Å²) in [5.41, 5.74) is 1.05. The number of hydrogen-bond acceptors (Lipinski definition) is 4. The van der Waals surface area contributed by atoms with E-state index in [1.54, 1.807) is 29.1 Å². The van der Waals surface area contributed by atoms with Crippen molar-refractivity contribution in [2.24, 2.45) is 0 Å². The number of benzene rings is 1. The lowest BCUT2D eigenvalue weighted by molar-refractivity contribution is 0.0204. The molecule has 2 aromatic rings. The van der Waals surface area contributed by atoms with E-state index in [4.69, 9.17) is 4.74 Å². The third-order valence-electron chi connectivity index (χ3n) is 4.14. The largest absolute Gasteiger partial charge is 0.379 e. The second-order valence-electron chi connectivity index (χ2n) is 5.83. The predicted molar refractivity (Wildman–Crippen MR) is 87.7 cm³/mol. The van der Waals surface area contributed by atoms with Gasteiger partial charge in [-0.25, -0.2) is 9.07 Å². The van der Waals surface area contributed by atoms with Crippen LogP contribution in [0.25, 0.3) is 5.69 Å². The zero-order chi connectivity index (χ0) is 16.9. The first-order valence-electron chi connectivity index (χ1n) is 8.05. The minimum Gasteiger partial charge on any atom is -0.379 e. The number of morpholine rings is 1. The predicted octanol–water partition coefficient (Wildman–Crippen LogP) is 1.46. The van der Waals surface area contributed by atoms with Gasteiger partial charge in [0, 0.05) is 31.9 Å². The van der Waals surface area contributed by atoms with Crippen molar-refractivity contribution in [2.75, 3.05) is 32.8 Å². The average Bonchev–Trinajstić information content (AvgIpc) is 3.11. The number of carbonyl (C=O) groups excluding carboxylic acids is 1. The zero-order valence-corrected chi connectivity index (χ0v) is 13.6. The molecule has 1 fully saturated rings. The molecule has 1 aliphatic rings. The summed E-state index contributed by atoms with van der Waals surface area (Å²) < 4.78 is 19.8. The maximum absolute atomic E-state index is 13.0. The standard InChI is InChI=1S/C17H21FN4O2/c1-13(21-8-10-24-11-9-21)12-19-17(23)16-6-7-22(20-16)15-4-2-14(18)3-5-15/h2-7,13H,8-12H2,1H3,(H,19,23)/t13-/m0/s1. The van der Waals surface area contributed by atoms with E-state index in [0.717, 1.165) is 26.3 Å². The highest BCUT2D eigenvalue weighted by Gasteiger charge is 2.18. The van der Waals surface area contributed by atoms with E-state index in [2.05, 4.69) is 22.2 Å². The van der Waals surface area contributed by atoms with Crippen molar-refractivity contribution in [1.29, 1.82) is 0 Å². The smallest absolute Gasteiger partial charge is 0.271 e. The van der Waals surface area contributed by atoms with Crippen LogP contribution in [0.5, 0.6) is 0 Å². The van der Waals surface area contributed by atoms with Crippen LogP contribution in [-0.2, 0) is 4.74 Å². The maximum atomic E-state index is 13.0. The Balaban J connectivity index is 1.56. The molecule has 0 bridgehead atoms. The number of carbonyl (C=O) groups is 1. The average molecular weight is 332 g/mol. The van der Waals surface area contributed by atoms with Crippen molar-refractivity contribution in [3.05, 3.63) is 48.0 Å². The zero-order valence-electron chi connectivity index (χ0n) is 13.6. The van der Waals surface area contributed by atoms with Crippen LogP contribution < -0.4 is 5.32 Å². The van der Waals surface area contributed by atoms with Crippen LogP contribution in [0.2, 0.25) is 0 Å². The fourth-order valence-electron chi connectivity index (χ4n) is 2.66. The molecule has 2 heterocycles. The molecule has 3 rings (SSSR count). The summed E-state index contributed by atoms with van der Waals surface area (Å²) in [6, 6.07) is 7.85. The molecular formula is C17H21FN4O2. The number of halogens is 1. The van der Waals surface area contributed by atoms with Gasteiger partial charge in [0.1, 0.15) is 5.82 Å². The van der Waals surface area contributed by atoms with E-state index in [9.17, 15) is 9.18 Å². The second kappa shape index (κ2) is 7.55. The van der Waals surface area contributed by atoms with Crippen LogP contribution in [0.3, 0.4) is 0 Å². The number of hydrogen-bond donors (Lipinski definition) is 1. The number of rotatable bonds is 5. The Hall–Kier alpha value is -2.25. The number of aromatic nitrogens is 2. The molecule has 1 aromatic heterocycles. The highest BCUT2D eigenvalue weighted by atomic mass is 19.1. The summed E-state index contributed by atoms with van der Waals surface area (Å²) in [6.07, 6.45) is 1.69. The molecule has 0 unspecified atom stereocenters. The van der Waals surface area contributed by atoms with Crippen LogP contribution in [0.4, 0.5) is 4.39 Å². The molecule has 128 valence electrons. The molecule has 1 atom stereocenters. The fraction of sp³-hybridized carbons (Fsp3) is 0.412. The van der Waals surface area contributed by atoms with Crippen molar-refractivity contribution in [1.82, 2.24) is 20.0 Å². The summed E-state index contributed by atoms with van der Waals surface area (Å²) in [5, 5.41) is 7.16. The Labute approximate surface area is 140 Å². The van der Waals surface area contributed by atoms with E-state index in [-0.39, 0.29) is 17.8 Å². The van der Waals surface area contributed by atoms with Crippen LogP contribution in [0.1, 0.15) is 17.4 Å². The quantitative estimate of drug-likeness (QED) is 0.901. The number of nitrogens with zero attached hydrogens (tertiary/aromatic N) is 3. The Kier molecular flexibility index (Phi) is 5.22. The van der Waals surface area contributed by atoms with Gasteiger partial charge in [0.2, 0.25) is 0 Å². The lowest BCUT2D eigenvalue weighted by Gasteiger charge is -2.32. The van der Waals surface area contributed by atoms with Crippen LogP contribution in [-0.4, -0.2) is 59.5 Å². The first-order valence-corrected chi connectivity index (χ1v) is 8.05. The Morgan fingerprint density at radius 2 is 2.00 bits per heavy atom. The minimum absolute atomic E-state index is 0.212. The number of nitrogens with one attached hydrogen (secondary N) is 1. The Morgan fingerprint density at radius 1 is 1.29 bits per heavy atom. The van der Waals surface area contributed by atoms with Crippen LogP contribution in [0, 0.1) is 5.82 Å². The van der Waals surface area contributed by atoms with Crippen LogP contribution in [0.15, 0.2) is 36.5 Å².